The van der Waals surface area contributed by atoms with Crippen LogP contribution in [0.5, 0.6) is 5.75 Å². The SMILES string of the molecule is COc1cc(N2CCC(NC(=O)CCCCCC(=O)NC(C(=O)N3C[C@H](O)C[C@H]3C(=O)NCc3ccc(-c4scnc4C)cc3)C(C)(C)C)CC2)ccc1Nc1ncc(Cl)c(Nc2ccccc2P(C)(C)=O)n1. The maximum Gasteiger partial charge on any atom is 0.246 e. The van der Waals surface area contributed by atoms with Crippen molar-refractivity contribution in [2.24, 2.45) is 5.41 Å². The monoisotopic (exact) mass is 1050 g/mol. The van der Waals surface area contributed by atoms with Gasteiger partial charge in [0.15, 0.2) is 5.82 Å². The number of ether oxygens (including phenoxy) is 1. The van der Waals surface area contributed by atoms with E-state index in [1.165, 1.54) is 11.1 Å². The van der Waals surface area contributed by atoms with Crippen LogP contribution in [0.15, 0.2) is 78.4 Å². The number of piperidine rings is 1. The number of aliphatic hydroxyl groups is 1. The van der Waals surface area contributed by atoms with Crippen LogP contribution in [0, 0.1) is 12.3 Å². The number of thiazole rings is 1. The van der Waals surface area contributed by atoms with Crippen LogP contribution in [0.1, 0.15) is 83.4 Å². The number of nitrogens with zero attached hydrogens (tertiary/aromatic N) is 5. The number of likely N-dealkylation sites (tertiary alicyclic amines) is 1. The van der Waals surface area contributed by atoms with Crippen LogP contribution in [-0.2, 0) is 30.3 Å². The standard InChI is InChI=1S/C53H68ClN10O7PS/c1-33-47(73-32-57-33)35-19-17-34(18-20-35)29-55-50(68)42-28-38(65)31-64(42)51(69)48(53(2,3)4)61-46(67)16-10-8-9-15-45(66)58-36-23-25-63(26-24-36)37-21-22-40(43(27-37)71-5)60-52-56-30-39(54)49(62-52)59-41-13-11-12-14-44(41)72(6,7)70/h11-14,17-22,27,30,32,36,38,42,48,65H,8-10,15-16,23-26,28-29,31H2,1-7H3,(H,55,68)(H,58,66)(H,61,67)(H2,56,59,60,62)/t38-,42+,48?/m1/s1. The zero-order valence-electron chi connectivity index (χ0n) is 42.7. The Balaban J connectivity index is 0.818. The highest BCUT2D eigenvalue weighted by Gasteiger charge is 2.44. The van der Waals surface area contributed by atoms with Gasteiger partial charge in [0, 0.05) is 68.5 Å². The van der Waals surface area contributed by atoms with Gasteiger partial charge in [-0.05, 0) is 86.7 Å². The Bertz CT molecular complexity index is 2790. The molecule has 390 valence electrons. The summed E-state index contributed by atoms with van der Waals surface area (Å²) in [6.45, 7) is 12.7. The summed E-state index contributed by atoms with van der Waals surface area (Å²) in [6.07, 6.45) is 4.63. The number of carbonyl (C=O) groups excluding carboxylic acids is 4. The van der Waals surface area contributed by atoms with Crippen molar-refractivity contribution >= 4 is 87.8 Å². The van der Waals surface area contributed by atoms with E-state index in [9.17, 15) is 28.8 Å². The minimum atomic E-state index is -2.58. The summed E-state index contributed by atoms with van der Waals surface area (Å²) in [4.78, 5) is 71.9. The molecule has 6 N–H and O–H groups in total. The third kappa shape index (κ3) is 14.6. The molecule has 20 heteroatoms. The molecule has 4 heterocycles. The number of amides is 4. The van der Waals surface area contributed by atoms with Gasteiger partial charge in [-0.15, -0.1) is 11.3 Å². The van der Waals surface area contributed by atoms with Crippen molar-refractivity contribution in [1.29, 1.82) is 0 Å². The Morgan fingerprint density at radius 1 is 0.932 bits per heavy atom. The van der Waals surface area contributed by atoms with Gasteiger partial charge < -0.3 is 50.8 Å². The van der Waals surface area contributed by atoms with Gasteiger partial charge in [-0.3, -0.25) is 19.2 Å². The fourth-order valence-electron chi connectivity index (χ4n) is 9.14. The molecule has 0 saturated carbocycles. The molecule has 73 heavy (non-hydrogen) atoms. The van der Waals surface area contributed by atoms with Crippen molar-refractivity contribution in [1.82, 2.24) is 35.8 Å². The lowest BCUT2D eigenvalue weighted by Gasteiger charge is -2.35. The third-order valence-electron chi connectivity index (χ3n) is 13.2. The lowest BCUT2D eigenvalue weighted by Crippen LogP contribution is -2.57. The van der Waals surface area contributed by atoms with Crippen LogP contribution in [0.3, 0.4) is 0 Å². The molecule has 1 unspecified atom stereocenters. The fourth-order valence-corrected chi connectivity index (χ4v) is 11.2. The van der Waals surface area contributed by atoms with Gasteiger partial charge in [0.1, 0.15) is 30.0 Å². The Morgan fingerprint density at radius 3 is 2.32 bits per heavy atom. The van der Waals surface area contributed by atoms with Gasteiger partial charge in [-0.2, -0.15) is 4.98 Å². The number of hydrogen-bond acceptors (Lipinski definition) is 14. The van der Waals surface area contributed by atoms with Crippen LogP contribution >= 0.6 is 30.1 Å². The smallest absolute Gasteiger partial charge is 0.246 e. The normalized spacial score (nSPS) is 16.7. The largest absolute Gasteiger partial charge is 0.494 e. The number of benzene rings is 3. The number of aryl methyl sites for hydroxylation is 1. The van der Waals surface area contributed by atoms with E-state index in [-0.39, 0.29) is 49.7 Å². The number of nitrogens with one attached hydrogen (secondary N) is 5. The number of anilines is 5. The average Bonchev–Trinajstić information content (AvgIpc) is 3.98. The second-order valence-electron chi connectivity index (χ2n) is 20.2. The molecule has 0 spiro atoms. The van der Waals surface area contributed by atoms with Crippen LogP contribution in [0.25, 0.3) is 10.4 Å². The number of rotatable bonds is 20. The highest BCUT2D eigenvalue weighted by Crippen LogP contribution is 2.39. The van der Waals surface area contributed by atoms with E-state index in [1.807, 2.05) is 99.9 Å². The fraction of sp³-hybridized carbons (Fsp3) is 0.453. The number of carbonyl (C=O) groups is 4. The van der Waals surface area contributed by atoms with E-state index in [0.29, 0.717) is 64.9 Å². The summed E-state index contributed by atoms with van der Waals surface area (Å²) in [5.74, 6) is 0.184. The molecule has 2 fully saturated rings. The number of unbranched alkanes of at least 4 members (excludes halogenated alkanes) is 2. The van der Waals surface area contributed by atoms with Crippen molar-refractivity contribution < 1.29 is 33.6 Å². The highest BCUT2D eigenvalue weighted by molar-refractivity contribution is 7.70. The second kappa shape index (κ2) is 24.3. The topological polar surface area (TPSA) is 220 Å². The lowest BCUT2D eigenvalue weighted by molar-refractivity contribution is -0.144. The number of hydrogen-bond donors (Lipinski definition) is 6. The summed E-state index contributed by atoms with van der Waals surface area (Å²) in [5.41, 5.74) is 6.35. The Kier molecular flexibility index (Phi) is 18.2. The number of aromatic nitrogens is 3. The first-order valence-corrected chi connectivity index (χ1v) is 28.6. The Labute approximate surface area is 437 Å². The molecule has 3 atom stereocenters. The van der Waals surface area contributed by atoms with E-state index >= 15 is 0 Å². The van der Waals surface area contributed by atoms with Crippen molar-refractivity contribution in [2.75, 3.05) is 55.6 Å². The predicted octanol–water partition coefficient (Wildman–Crippen LogP) is 8.15. The van der Waals surface area contributed by atoms with Crippen molar-refractivity contribution in [2.45, 2.75) is 110 Å². The van der Waals surface area contributed by atoms with E-state index in [4.69, 9.17) is 16.3 Å². The molecular weight excluding hydrogens is 987 g/mol. The minimum Gasteiger partial charge on any atom is -0.494 e. The summed E-state index contributed by atoms with van der Waals surface area (Å²) >= 11 is 8.05. The summed E-state index contributed by atoms with van der Waals surface area (Å²) in [6, 6.07) is 19.4. The molecule has 4 amide bonds. The second-order valence-corrected chi connectivity index (χ2v) is 24.7. The van der Waals surface area contributed by atoms with Gasteiger partial charge in [-0.25, -0.2) is 9.97 Å². The molecule has 0 aliphatic carbocycles. The molecule has 2 aliphatic rings. The molecule has 3 aromatic carbocycles. The maximum atomic E-state index is 14.1. The molecule has 0 radical (unpaired) electrons. The number of methoxy groups -OCH3 is 1. The number of halogens is 1. The highest BCUT2D eigenvalue weighted by atomic mass is 35.5. The van der Waals surface area contributed by atoms with Crippen LogP contribution < -0.4 is 41.5 Å². The minimum absolute atomic E-state index is 0.00289. The third-order valence-corrected chi connectivity index (χ3v) is 16.0. The number of β-amino-alcohol motifs (C(OH)–C–C–N with tert-alkyl or cyclic N) is 1. The van der Waals surface area contributed by atoms with Gasteiger partial charge >= 0.3 is 0 Å². The molecule has 2 aromatic heterocycles. The molecule has 0 bridgehead atoms. The Hall–Kier alpha value is -6.07. The van der Waals surface area contributed by atoms with E-state index < -0.39 is 36.7 Å². The average molecular weight is 1060 g/mol. The molecule has 17 nitrogen and oxygen atoms in total. The summed E-state index contributed by atoms with van der Waals surface area (Å²) in [7, 11) is -0.979. The van der Waals surface area contributed by atoms with Gasteiger partial charge in [0.2, 0.25) is 29.6 Å². The van der Waals surface area contributed by atoms with E-state index in [1.54, 1.807) is 31.8 Å². The molecule has 5 aromatic rings. The van der Waals surface area contributed by atoms with Gasteiger partial charge in [-0.1, -0.05) is 75.2 Å². The zero-order chi connectivity index (χ0) is 52.5. The van der Waals surface area contributed by atoms with E-state index in [0.717, 1.165) is 53.3 Å². The van der Waals surface area contributed by atoms with Crippen molar-refractivity contribution in [3.63, 3.8) is 0 Å². The van der Waals surface area contributed by atoms with Gasteiger partial charge in [0.25, 0.3) is 0 Å². The molecule has 2 aliphatic heterocycles. The Morgan fingerprint density at radius 2 is 1.64 bits per heavy atom. The van der Waals surface area contributed by atoms with Crippen molar-refractivity contribution in [3.8, 4) is 16.2 Å². The molecule has 2 saturated heterocycles. The first-order chi connectivity index (χ1) is 34.8. The summed E-state index contributed by atoms with van der Waals surface area (Å²) < 4.78 is 18.7. The first kappa shape index (κ1) is 54.7. The molecular formula is C53H68ClN10O7PS. The molecule has 7 rings (SSSR count). The predicted molar refractivity (Wildman–Crippen MR) is 290 cm³/mol. The van der Waals surface area contributed by atoms with Gasteiger partial charge in [0.05, 0.1) is 46.9 Å². The van der Waals surface area contributed by atoms with Crippen molar-refractivity contribution in [3.05, 3.63) is 94.7 Å². The quantitative estimate of drug-likeness (QED) is 0.0321. The van der Waals surface area contributed by atoms with Crippen LogP contribution in [0.4, 0.5) is 28.8 Å². The van der Waals surface area contributed by atoms with E-state index in [2.05, 4.69) is 46.4 Å². The van der Waals surface area contributed by atoms with Crippen LogP contribution in [0.2, 0.25) is 5.02 Å². The lowest BCUT2D eigenvalue weighted by atomic mass is 9.85. The van der Waals surface area contributed by atoms with Crippen LogP contribution in [-0.4, -0.2) is 113 Å². The maximum absolute atomic E-state index is 14.1. The number of para-hydroxylation sites is 1. The zero-order valence-corrected chi connectivity index (χ0v) is 45.1. The summed E-state index contributed by atoms with van der Waals surface area (Å²) in [5, 5.41) is 27.1. The first-order valence-electron chi connectivity index (χ1n) is 24.8. The number of aliphatic hydroxyl groups excluding tert-OH is 1.